The fraction of sp³-hybridized carbons (Fsp3) is 0.400. The zero-order valence-electron chi connectivity index (χ0n) is 24.9. The van der Waals surface area contributed by atoms with Crippen LogP contribution in [0.1, 0.15) is 40.7 Å². The molecule has 40 heavy (non-hydrogen) atoms. The minimum atomic E-state index is -2.71. The van der Waals surface area contributed by atoms with Crippen molar-refractivity contribution in [3.8, 4) is 17.1 Å². The maximum absolute atomic E-state index is 13.7. The zero-order chi connectivity index (χ0) is 29.9. The van der Waals surface area contributed by atoms with Gasteiger partial charge in [-0.2, -0.15) is 0 Å². The van der Waals surface area contributed by atoms with Crippen LogP contribution in [0, 0.1) is 18.7 Å². The summed E-state index contributed by atoms with van der Waals surface area (Å²) in [4.78, 5) is 9.29. The van der Waals surface area contributed by atoms with Gasteiger partial charge in [-0.15, -0.1) is 5.10 Å². The van der Waals surface area contributed by atoms with Crippen molar-refractivity contribution < 1.29 is 22.4 Å². The van der Waals surface area contributed by atoms with Crippen molar-refractivity contribution >= 4 is 21.9 Å². The molecule has 1 aliphatic heterocycles. The largest absolute Gasteiger partial charge is 0.477 e. The van der Waals surface area contributed by atoms with E-state index in [2.05, 4.69) is 32.0 Å². The van der Waals surface area contributed by atoms with Crippen LogP contribution < -0.4 is 4.74 Å². The summed E-state index contributed by atoms with van der Waals surface area (Å²) in [6.45, 7) is -1.34. The number of rotatable bonds is 7. The number of nitrogens with zero attached hydrogens (tertiary/aromatic N) is 6. The van der Waals surface area contributed by atoms with Crippen LogP contribution in [-0.2, 0) is 11.8 Å². The predicted octanol–water partition coefficient (Wildman–Crippen LogP) is 5.74. The zero-order valence-corrected chi connectivity index (χ0v) is 21.9. The molecule has 10 heteroatoms. The van der Waals surface area contributed by atoms with Crippen LogP contribution in [0.25, 0.3) is 33.2 Å². The number of hydrogen-bond acceptors (Lipinski definition) is 6. The Balaban J connectivity index is 1.48. The average molecular weight is 548 g/mol. The van der Waals surface area contributed by atoms with Crippen LogP contribution in [-0.4, -0.2) is 55.3 Å². The van der Waals surface area contributed by atoms with Gasteiger partial charge >= 0.3 is 0 Å². The van der Waals surface area contributed by atoms with Crippen LogP contribution >= 0.6 is 0 Å². The molecule has 0 bridgehead atoms. The molecular weight excluding hydrogens is 514 g/mol. The van der Waals surface area contributed by atoms with Gasteiger partial charge in [0.25, 0.3) is 5.92 Å². The molecule has 2 atom stereocenters. The summed E-state index contributed by atoms with van der Waals surface area (Å²) in [6, 6.07) is 13.9. The molecule has 0 radical (unpaired) electrons. The highest BCUT2D eigenvalue weighted by Gasteiger charge is 2.57. The molecule has 7 rings (SSSR count). The number of hydrogen-bond donors (Lipinski definition) is 0. The van der Waals surface area contributed by atoms with Crippen molar-refractivity contribution in [2.75, 3.05) is 19.8 Å². The highest BCUT2D eigenvalue weighted by Crippen LogP contribution is 2.49. The van der Waals surface area contributed by atoms with E-state index in [-0.39, 0.29) is 36.6 Å². The maximum atomic E-state index is 13.7. The van der Waals surface area contributed by atoms with Crippen LogP contribution in [0.3, 0.4) is 0 Å². The van der Waals surface area contributed by atoms with Gasteiger partial charge in [0.1, 0.15) is 5.52 Å². The van der Waals surface area contributed by atoms with E-state index >= 15 is 0 Å². The van der Waals surface area contributed by atoms with Crippen molar-refractivity contribution in [3.63, 3.8) is 0 Å². The van der Waals surface area contributed by atoms with Crippen LogP contribution in [0.5, 0.6) is 5.88 Å². The summed E-state index contributed by atoms with van der Waals surface area (Å²) in [5, 5.41) is 8.57. The number of alkyl halides is 2. The fourth-order valence-corrected chi connectivity index (χ4v) is 5.98. The van der Waals surface area contributed by atoms with Gasteiger partial charge in [0.05, 0.1) is 46.4 Å². The van der Waals surface area contributed by atoms with Gasteiger partial charge in [0.2, 0.25) is 5.88 Å². The van der Waals surface area contributed by atoms with E-state index in [0.29, 0.717) is 35.4 Å². The number of fused-ring (bicyclic) bond motifs is 3. The molecule has 2 aliphatic rings. The van der Waals surface area contributed by atoms with Gasteiger partial charge in [-0.05, 0) is 43.3 Å². The van der Waals surface area contributed by atoms with E-state index in [1.54, 1.807) is 19.4 Å². The lowest BCUT2D eigenvalue weighted by Crippen LogP contribution is -2.26. The van der Waals surface area contributed by atoms with E-state index in [9.17, 15) is 8.78 Å². The van der Waals surface area contributed by atoms with Gasteiger partial charge in [-0.25, -0.2) is 18.4 Å². The maximum Gasteiger partial charge on any atom is 0.255 e. The second kappa shape index (κ2) is 9.62. The van der Waals surface area contributed by atoms with Gasteiger partial charge in [-0.1, -0.05) is 35.5 Å². The van der Waals surface area contributed by atoms with E-state index in [0.717, 1.165) is 29.4 Å². The number of aromatic nitrogens is 6. The summed E-state index contributed by atoms with van der Waals surface area (Å²) in [5.41, 5.74) is 4.00. The molecule has 1 saturated heterocycles. The van der Waals surface area contributed by atoms with Gasteiger partial charge in [0, 0.05) is 48.8 Å². The van der Waals surface area contributed by atoms with Gasteiger partial charge in [-0.3, -0.25) is 4.98 Å². The lowest BCUT2D eigenvalue weighted by Gasteiger charge is -2.33. The van der Waals surface area contributed by atoms with Gasteiger partial charge < -0.3 is 14.0 Å². The highest BCUT2D eigenvalue weighted by molar-refractivity contribution is 6.09. The number of aryl methyl sites for hydroxylation is 2. The van der Waals surface area contributed by atoms with Crippen LogP contribution in [0.4, 0.5) is 8.78 Å². The van der Waals surface area contributed by atoms with E-state index < -0.39 is 18.7 Å². The number of halogens is 2. The second-order valence-corrected chi connectivity index (χ2v) is 10.7. The fourth-order valence-electron chi connectivity index (χ4n) is 5.98. The SMILES string of the molecule is [2H]C([2H])([2H])c1nnn(C)c1-c1cnc2c3c(OCC4CC4(F)F)nccc3n([C@H](c3ccccc3)C3CCOCC3)c2c1. The quantitative estimate of drug-likeness (QED) is 0.259. The Morgan fingerprint density at radius 3 is 2.70 bits per heavy atom. The summed E-state index contributed by atoms with van der Waals surface area (Å²) < 4.78 is 66.8. The van der Waals surface area contributed by atoms with Crippen LogP contribution in [0.15, 0.2) is 54.9 Å². The second-order valence-electron chi connectivity index (χ2n) is 10.7. The minimum Gasteiger partial charge on any atom is -0.477 e. The van der Waals surface area contributed by atoms with E-state index in [1.165, 1.54) is 4.68 Å². The van der Waals surface area contributed by atoms with Crippen molar-refractivity contribution in [3.05, 3.63) is 66.1 Å². The third-order valence-corrected chi connectivity index (χ3v) is 8.13. The first-order valence-electron chi connectivity index (χ1n) is 15.0. The highest BCUT2D eigenvalue weighted by atomic mass is 19.3. The summed E-state index contributed by atoms with van der Waals surface area (Å²) in [6.07, 6.45) is 4.71. The summed E-state index contributed by atoms with van der Waals surface area (Å²) >= 11 is 0. The minimum absolute atomic E-state index is 0.112. The lowest BCUT2D eigenvalue weighted by molar-refractivity contribution is 0.0552. The van der Waals surface area contributed by atoms with E-state index in [1.807, 2.05) is 30.3 Å². The predicted molar refractivity (Wildman–Crippen MR) is 146 cm³/mol. The van der Waals surface area contributed by atoms with Gasteiger partial charge in [0.15, 0.2) is 0 Å². The first kappa shape index (κ1) is 21.8. The topological polar surface area (TPSA) is 79.9 Å². The molecule has 4 aromatic heterocycles. The molecule has 1 aromatic carbocycles. The number of benzene rings is 1. The molecule has 5 heterocycles. The van der Waals surface area contributed by atoms with Crippen LogP contribution in [0.2, 0.25) is 0 Å². The molecular formula is C30H30F2N6O2. The monoisotopic (exact) mass is 547 g/mol. The normalized spacial score (nSPS) is 21.2. The standard InChI is InChI=1S/C30H30F2N6O2/c1-18-27(37(2)36-35-18)21-14-24-26(34-16-21)25-23(8-11-33-29(25)40-17-22-15-30(22,31)32)38(24)28(19-6-4-3-5-7-19)20-9-12-39-13-10-20/h3-8,11,14,16,20,22,28H,9-10,12-13,15,17H2,1-2H3/t22?,28-/m1/s1/i1D3. The first-order chi connectivity index (χ1) is 20.6. The molecule has 0 spiro atoms. The molecule has 206 valence electrons. The Morgan fingerprint density at radius 1 is 1.15 bits per heavy atom. The Hall–Kier alpha value is -3.92. The van der Waals surface area contributed by atoms with Crippen molar-refractivity contribution in [2.24, 2.45) is 18.9 Å². The third kappa shape index (κ3) is 4.21. The molecule has 1 unspecified atom stereocenters. The Labute approximate surface area is 234 Å². The summed E-state index contributed by atoms with van der Waals surface area (Å²) in [7, 11) is 1.65. The average Bonchev–Trinajstić information content (AvgIpc) is 3.26. The number of ether oxygens (including phenoxy) is 2. The molecule has 8 nitrogen and oxygen atoms in total. The Bertz CT molecular complexity index is 1800. The molecule has 5 aromatic rings. The lowest BCUT2D eigenvalue weighted by atomic mass is 9.86. The first-order valence-corrected chi connectivity index (χ1v) is 13.5. The molecule has 2 fully saturated rings. The Kier molecular flexibility index (Phi) is 5.25. The van der Waals surface area contributed by atoms with Crippen molar-refractivity contribution in [2.45, 2.75) is 38.1 Å². The third-order valence-electron chi connectivity index (χ3n) is 8.13. The Morgan fingerprint density at radius 2 is 1.95 bits per heavy atom. The molecule has 1 saturated carbocycles. The molecule has 1 aliphatic carbocycles. The smallest absolute Gasteiger partial charge is 0.255 e. The van der Waals surface area contributed by atoms with E-state index in [4.69, 9.17) is 18.6 Å². The summed E-state index contributed by atoms with van der Waals surface area (Å²) in [5.74, 6) is -3.09. The molecule has 0 amide bonds. The molecule has 0 N–H and O–H groups in total. The van der Waals surface area contributed by atoms with Crippen molar-refractivity contribution in [1.82, 2.24) is 29.5 Å². The number of pyridine rings is 2. The van der Waals surface area contributed by atoms with Crippen molar-refractivity contribution in [1.29, 1.82) is 0 Å².